The molecular weight excluding hydrogens is 238 g/mol. The van der Waals surface area contributed by atoms with E-state index in [1.807, 2.05) is 6.20 Å². The maximum absolute atomic E-state index is 12.1. The van der Waals surface area contributed by atoms with Gasteiger partial charge in [0.1, 0.15) is 5.82 Å². The van der Waals surface area contributed by atoms with E-state index in [-0.39, 0.29) is 11.3 Å². The number of pyridine rings is 1. The van der Waals surface area contributed by atoms with Gasteiger partial charge >= 0.3 is 0 Å². The summed E-state index contributed by atoms with van der Waals surface area (Å²) in [6.45, 7) is 5.40. The first kappa shape index (κ1) is 12.5. The van der Waals surface area contributed by atoms with E-state index in [0.29, 0.717) is 5.92 Å². The molecule has 1 amide bonds. The van der Waals surface area contributed by atoms with Crippen LogP contribution in [0, 0.1) is 5.92 Å². The molecule has 2 aliphatic rings. The van der Waals surface area contributed by atoms with Gasteiger partial charge in [0.25, 0.3) is 0 Å². The van der Waals surface area contributed by atoms with Gasteiger partial charge in [-0.05, 0) is 24.8 Å². The van der Waals surface area contributed by atoms with Crippen LogP contribution in [-0.2, 0) is 10.2 Å². The standard InChI is InChI=1S/C15H21N3O/c1-10(2)9-18(3)11-7-12-13(16-8-11)17-14(19)15(12)5-4-6-15/h7-8,10H,4-6,9H2,1-3H3,(H,16,17,19). The largest absolute Gasteiger partial charge is 0.373 e. The zero-order valence-corrected chi connectivity index (χ0v) is 11.9. The van der Waals surface area contributed by atoms with Gasteiger partial charge in [0.05, 0.1) is 17.3 Å². The third-order valence-electron chi connectivity index (χ3n) is 4.34. The van der Waals surface area contributed by atoms with Crippen molar-refractivity contribution < 1.29 is 4.79 Å². The third kappa shape index (κ3) is 1.81. The Morgan fingerprint density at radius 1 is 1.47 bits per heavy atom. The fourth-order valence-corrected chi connectivity index (χ4v) is 3.16. The Hall–Kier alpha value is -1.58. The summed E-state index contributed by atoms with van der Waals surface area (Å²) in [6.07, 6.45) is 4.92. The molecule has 0 bridgehead atoms. The summed E-state index contributed by atoms with van der Waals surface area (Å²) in [7, 11) is 2.08. The Balaban J connectivity index is 1.94. The first-order valence-corrected chi connectivity index (χ1v) is 7.06. The van der Waals surface area contributed by atoms with Crippen LogP contribution >= 0.6 is 0 Å². The molecule has 0 aromatic carbocycles. The lowest BCUT2D eigenvalue weighted by molar-refractivity contribution is -0.123. The minimum Gasteiger partial charge on any atom is -0.373 e. The fraction of sp³-hybridized carbons (Fsp3) is 0.600. The van der Waals surface area contributed by atoms with E-state index in [0.717, 1.165) is 42.9 Å². The minimum atomic E-state index is -0.267. The quantitative estimate of drug-likeness (QED) is 0.907. The lowest BCUT2D eigenvalue weighted by Crippen LogP contribution is -2.40. The van der Waals surface area contributed by atoms with Crippen molar-refractivity contribution in [3.8, 4) is 0 Å². The number of anilines is 2. The monoisotopic (exact) mass is 259 g/mol. The maximum atomic E-state index is 12.1. The smallest absolute Gasteiger partial charge is 0.236 e. The van der Waals surface area contributed by atoms with Gasteiger partial charge in [-0.1, -0.05) is 20.3 Å². The van der Waals surface area contributed by atoms with Crippen LogP contribution in [0.1, 0.15) is 38.7 Å². The highest BCUT2D eigenvalue weighted by Gasteiger charge is 2.51. The molecule has 19 heavy (non-hydrogen) atoms. The van der Waals surface area contributed by atoms with Crippen molar-refractivity contribution >= 4 is 17.4 Å². The molecule has 1 N–H and O–H groups in total. The summed E-state index contributed by atoms with van der Waals surface area (Å²) >= 11 is 0. The molecule has 1 saturated carbocycles. The molecule has 1 aliphatic carbocycles. The number of carbonyl (C=O) groups is 1. The number of nitrogens with zero attached hydrogens (tertiary/aromatic N) is 2. The van der Waals surface area contributed by atoms with Crippen LogP contribution in [0.3, 0.4) is 0 Å². The molecule has 0 radical (unpaired) electrons. The highest BCUT2D eigenvalue weighted by Crippen LogP contribution is 2.51. The van der Waals surface area contributed by atoms with Crippen LogP contribution in [0.15, 0.2) is 12.3 Å². The molecule has 0 atom stereocenters. The number of hydrogen-bond acceptors (Lipinski definition) is 3. The van der Waals surface area contributed by atoms with Crippen molar-refractivity contribution in [3.63, 3.8) is 0 Å². The molecule has 0 unspecified atom stereocenters. The predicted molar refractivity (Wildman–Crippen MR) is 76.5 cm³/mol. The van der Waals surface area contributed by atoms with E-state index in [1.54, 1.807) is 0 Å². The summed E-state index contributed by atoms with van der Waals surface area (Å²) < 4.78 is 0. The molecule has 2 heterocycles. The van der Waals surface area contributed by atoms with Crippen molar-refractivity contribution in [1.82, 2.24) is 4.98 Å². The molecule has 0 saturated heterocycles. The zero-order chi connectivity index (χ0) is 13.6. The second-order valence-electron chi connectivity index (χ2n) is 6.25. The molecular formula is C15H21N3O. The molecule has 1 aliphatic heterocycles. The Labute approximate surface area is 114 Å². The topological polar surface area (TPSA) is 45.2 Å². The van der Waals surface area contributed by atoms with Crippen molar-refractivity contribution in [2.45, 2.75) is 38.5 Å². The number of aromatic nitrogens is 1. The molecule has 4 heteroatoms. The Morgan fingerprint density at radius 3 is 2.79 bits per heavy atom. The van der Waals surface area contributed by atoms with Crippen LogP contribution in [0.4, 0.5) is 11.5 Å². The molecule has 102 valence electrons. The van der Waals surface area contributed by atoms with Gasteiger partial charge in [-0.15, -0.1) is 0 Å². The van der Waals surface area contributed by atoms with Gasteiger partial charge < -0.3 is 10.2 Å². The molecule has 1 spiro atoms. The van der Waals surface area contributed by atoms with Gasteiger partial charge in [0, 0.05) is 19.2 Å². The Morgan fingerprint density at radius 2 is 2.21 bits per heavy atom. The molecule has 3 rings (SSSR count). The van der Waals surface area contributed by atoms with E-state index in [4.69, 9.17) is 0 Å². The zero-order valence-electron chi connectivity index (χ0n) is 11.9. The fourth-order valence-electron chi connectivity index (χ4n) is 3.16. The normalized spacial score (nSPS) is 19.3. The molecule has 1 aromatic heterocycles. The van der Waals surface area contributed by atoms with Crippen molar-refractivity contribution in [2.75, 3.05) is 23.8 Å². The lowest BCUT2D eigenvalue weighted by Gasteiger charge is -2.36. The second kappa shape index (κ2) is 4.22. The number of hydrogen-bond donors (Lipinski definition) is 1. The van der Waals surface area contributed by atoms with Gasteiger partial charge in [-0.3, -0.25) is 4.79 Å². The number of nitrogens with one attached hydrogen (secondary N) is 1. The van der Waals surface area contributed by atoms with Crippen molar-refractivity contribution in [1.29, 1.82) is 0 Å². The van der Waals surface area contributed by atoms with E-state index >= 15 is 0 Å². The van der Waals surface area contributed by atoms with Gasteiger partial charge in [-0.2, -0.15) is 0 Å². The Bertz CT molecular complexity index is 520. The van der Waals surface area contributed by atoms with Gasteiger partial charge in [-0.25, -0.2) is 4.98 Å². The number of amides is 1. The van der Waals surface area contributed by atoms with E-state index < -0.39 is 0 Å². The van der Waals surface area contributed by atoms with E-state index in [1.165, 1.54) is 0 Å². The number of carbonyl (C=O) groups excluding carboxylic acids is 1. The van der Waals surface area contributed by atoms with Gasteiger partial charge in [0.2, 0.25) is 5.91 Å². The SMILES string of the molecule is CC(C)CN(C)c1cnc2c(c1)C1(CCC1)C(=O)N2. The Kier molecular flexibility index (Phi) is 2.77. The summed E-state index contributed by atoms with van der Waals surface area (Å²) in [5.74, 6) is 1.52. The van der Waals surface area contributed by atoms with E-state index in [2.05, 4.69) is 42.2 Å². The lowest BCUT2D eigenvalue weighted by atomic mass is 9.65. The molecule has 4 nitrogen and oxygen atoms in total. The predicted octanol–water partition coefficient (Wildman–Crippen LogP) is 2.55. The van der Waals surface area contributed by atoms with Crippen LogP contribution < -0.4 is 10.2 Å². The summed E-state index contributed by atoms with van der Waals surface area (Å²) in [6, 6.07) is 2.15. The van der Waals surface area contributed by atoms with Crippen LogP contribution in [0.2, 0.25) is 0 Å². The average molecular weight is 259 g/mol. The van der Waals surface area contributed by atoms with Crippen molar-refractivity contribution in [3.05, 3.63) is 17.8 Å². The highest BCUT2D eigenvalue weighted by atomic mass is 16.2. The van der Waals surface area contributed by atoms with Crippen molar-refractivity contribution in [2.24, 2.45) is 5.92 Å². The summed E-state index contributed by atoms with van der Waals surface area (Å²) in [5.41, 5.74) is 1.95. The van der Waals surface area contributed by atoms with E-state index in [9.17, 15) is 4.79 Å². The highest BCUT2D eigenvalue weighted by molar-refractivity contribution is 6.06. The van der Waals surface area contributed by atoms with Crippen LogP contribution in [0.5, 0.6) is 0 Å². The number of rotatable bonds is 3. The van der Waals surface area contributed by atoms with Crippen LogP contribution in [-0.4, -0.2) is 24.5 Å². The molecule has 1 fully saturated rings. The molecule has 1 aromatic rings. The maximum Gasteiger partial charge on any atom is 0.236 e. The second-order valence-corrected chi connectivity index (χ2v) is 6.25. The first-order chi connectivity index (χ1) is 9.03. The number of fused-ring (bicyclic) bond motifs is 2. The summed E-state index contributed by atoms with van der Waals surface area (Å²) in [5, 5.41) is 2.93. The summed E-state index contributed by atoms with van der Waals surface area (Å²) in [4.78, 5) is 18.8. The van der Waals surface area contributed by atoms with Crippen LogP contribution in [0.25, 0.3) is 0 Å². The minimum absolute atomic E-state index is 0.143. The third-order valence-corrected chi connectivity index (χ3v) is 4.34. The first-order valence-electron chi connectivity index (χ1n) is 7.06. The average Bonchev–Trinajstić information content (AvgIpc) is 2.58. The van der Waals surface area contributed by atoms with Gasteiger partial charge in [0.15, 0.2) is 0 Å².